The van der Waals surface area contributed by atoms with E-state index in [1.807, 2.05) is 23.6 Å². The van der Waals surface area contributed by atoms with Crippen LogP contribution in [0.1, 0.15) is 25.0 Å². The molecule has 2 aromatic rings. The number of nitrogens with one attached hydrogen (secondary N) is 1. The van der Waals surface area contributed by atoms with Crippen LogP contribution in [-0.4, -0.2) is 38.0 Å². The summed E-state index contributed by atoms with van der Waals surface area (Å²) in [5, 5.41) is 3.38. The second-order valence-corrected chi connectivity index (χ2v) is 10.6. The van der Waals surface area contributed by atoms with Crippen molar-refractivity contribution in [3.63, 3.8) is 0 Å². The van der Waals surface area contributed by atoms with Gasteiger partial charge in [0.15, 0.2) is 0 Å². The van der Waals surface area contributed by atoms with Crippen molar-refractivity contribution in [2.75, 3.05) is 18.4 Å². The number of carbonyl (C=O) groups is 1. The molecule has 1 N–H and O–H groups in total. The Labute approximate surface area is 194 Å². The maximum absolute atomic E-state index is 12.6. The number of rotatable bonds is 3. The molecule has 2 aliphatic heterocycles. The highest BCUT2D eigenvalue weighted by molar-refractivity contribution is 8.23. The van der Waals surface area contributed by atoms with E-state index in [2.05, 4.69) is 10.2 Å². The maximum atomic E-state index is 12.6. The van der Waals surface area contributed by atoms with Crippen molar-refractivity contribution >= 4 is 63.1 Å². The number of thiocarbonyl (C=S) groups is 1. The van der Waals surface area contributed by atoms with Crippen molar-refractivity contribution in [2.24, 2.45) is 5.92 Å². The van der Waals surface area contributed by atoms with Crippen LogP contribution < -0.4 is 10.9 Å². The molecule has 4 rings (SSSR count). The number of fused-ring (bicyclic) bond motifs is 4. The fourth-order valence-corrected chi connectivity index (χ4v) is 5.84. The lowest BCUT2D eigenvalue weighted by molar-refractivity contribution is -0.115. The van der Waals surface area contributed by atoms with E-state index in [0.717, 1.165) is 31.7 Å². The van der Waals surface area contributed by atoms with Crippen molar-refractivity contribution in [1.82, 2.24) is 9.47 Å². The molecule has 0 saturated carbocycles. The van der Waals surface area contributed by atoms with Crippen molar-refractivity contribution in [2.45, 2.75) is 31.1 Å². The molecule has 30 heavy (non-hydrogen) atoms. The van der Waals surface area contributed by atoms with Gasteiger partial charge in [0.1, 0.15) is 4.32 Å². The van der Waals surface area contributed by atoms with Crippen molar-refractivity contribution in [3.8, 4) is 0 Å². The summed E-state index contributed by atoms with van der Waals surface area (Å²) in [7, 11) is 0. The maximum Gasteiger partial charge on any atom is 0.250 e. The Morgan fingerprint density at radius 1 is 1.23 bits per heavy atom. The molecular weight excluding hydrogens is 461 g/mol. The number of pyridine rings is 1. The molecule has 3 atom stereocenters. The zero-order valence-electron chi connectivity index (χ0n) is 16.3. The third kappa shape index (κ3) is 4.54. The molecular formula is C21H21Cl2N3O2S2. The van der Waals surface area contributed by atoms with Crippen molar-refractivity contribution in [1.29, 1.82) is 0 Å². The molecule has 3 heterocycles. The summed E-state index contributed by atoms with van der Waals surface area (Å²) in [6.45, 7) is 4.11. The average molecular weight is 482 g/mol. The molecule has 0 radical (unpaired) electrons. The molecule has 0 aliphatic carbocycles. The minimum Gasteiger partial charge on any atom is -0.356 e. The summed E-state index contributed by atoms with van der Waals surface area (Å²) < 4.78 is 2.60. The number of nitrogens with zero attached hydrogens (tertiary/aromatic N) is 2. The number of anilines is 1. The number of thioether (sulfide) groups is 1. The Morgan fingerprint density at radius 3 is 2.83 bits per heavy atom. The molecule has 1 aromatic carbocycles. The molecule has 1 aromatic heterocycles. The Bertz CT molecular complexity index is 1060. The van der Waals surface area contributed by atoms with Gasteiger partial charge in [-0.3, -0.25) is 9.59 Å². The standard InChI is InChI=1S/C21H21Cl2N3O2S2/c1-12(20(28)24-17-8-15(22)5-6-16(17)23)30-21(29)25-9-13-7-14(11-25)18-3-2-4-19(27)26(18)10-13/h2-6,8,12-14H,7,9-11H2,1H3,(H,24,28)/t12-,13+,14+/m1/s1. The lowest BCUT2D eigenvalue weighted by atomic mass is 9.83. The molecule has 2 aliphatic rings. The highest BCUT2D eigenvalue weighted by atomic mass is 35.5. The number of carbonyl (C=O) groups excluding carboxylic acids is 1. The Morgan fingerprint density at radius 2 is 2.03 bits per heavy atom. The number of hydrogen-bond acceptors (Lipinski definition) is 4. The normalized spacial score (nSPS) is 21.0. The predicted molar refractivity (Wildman–Crippen MR) is 128 cm³/mol. The lowest BCUT2D eigenvalue weighted by Gasteiger charge is -2.43. The molecule has 5 nitrogen and oxygen atoms in total. The van der Waals surface area contributed by atoms with E-state index in [4.69, 9.17) is 35.4 Å². The number of benzene rings is 1. The summed E-state index contributed by atoms with van der Waals surface area (Å²) in [5.74, 6) is 0.476. The van der Waals surface area contributed by atoms with E-state index in [1.165, 1.54) is 11.8 Å². The van der Waals surface area contributed by atoms with Gasteiger partial charge < -0.3 is 14.8 Å². The van der Waals surface area contributed by atoms with Gasteiger partial charge in [0, 0.05) is 42.3 Å². The Balaban J connectivity index is 1.40. The smallest absolute Gasteiger partial charge is 0.250 e. The first kappa shape index (κ1) is 21.7. The molecule has 0 unspecified atom stereocenters. The first-order chi connectivity index (χ1) is 14.3. The second-order valence-electron chi connectivity index (χ2n) is 7.74. The fraction of sp³-hybridized carbons (Fsp3) is 0.381. The highest BCUT2D eigenvalue weighted by Crippen LogP contribution is 2.36. The van der Waals surface area contributed by atoms with Gasteiger partial charge in [0.25, 0.3) is 5.56 Å². The number of piperidine rings is 1. The Hall–Kier alpha value is -1.54. The second kappa shape index (κ2) is 8.91. The van der Waals surface area contributed by atoms with E-state index in [9.17, 15) is 9.59 Å². The van der Waals surface area contributed by atoms with Crippen LogP contribution in [0.3, 0.4) is 0 Å². The molecule has 0 spiro atoms. The van der Waals surface area contributed by atoms with Gasteiger partial charge in [0.05, 0.1) is 16.0 Å². The zero-order valence-corrected chi connectivity index (χ0v) is 19.5. The molecule has 158 valence electrons. The van der Waals surface area contributed by atoms with Gasteiger partial charge in [-0.15, -0.1) is 0 Å². The summed E-state index contributed by atoms with van der Waals surface area (Å²) in [4.78, 5) is 27.0. The van der Waals surface area contributed by atoms with Crippen LogP contribution in [0, 0.1) is 5.92 Å². The van der Waals surface area contributed by atoms with E-state index in [1.54, 1.807) is 24.3 Å². The van der Waals surface area contributed by atoms with Crippen LogP contribution in [0.2, 0.25) is 10.0 Å². The third-order valence-electron chi connectivity index (χ3n) is 5.57. The topological polar surface area (TPSA) is 54.3 Å². The number of likely N-dealkylation sites (tertiary alicyclic amines) is 1. The zero-order chi connectivity index (χ0) is 21.4. The fourth-order valence-electron chi connectivity index (χ4n) is 4.15. The van der Waals surface area contributed by atoms with Crippen molar-refractivity contribution < 1.29 is 4.79 Å². The lowest BCUT2D eigenvalue weighted by Crippen LogP contribution is -2.48. The van der Waals surface area contributed by atoms with Crippen LogP contribution >= 0.6 is 47.2 Å². The summed E-state index contributed by atoms with van der Waals surface area (Å²) in [5.41, 5.74) is 1.64. The predicted octanol–water partition coefficient (Wildman–Crippen LogP) is 4.62. The summed E-state index contributed by atoms with van der Waals surface area (Å²) in [6, 6.07) is 10.4. The first-order valence-corrected chi connectivity index (χ1v) is 11.8. The summed E-state index contributed by atoms with van der Waals surface area (Å²) >= 11 is 19.2. The van der Waals surface area contributed by atoms with E-state index < -0.39 is 0 Å². The number of hydrogen-bond donors (Lipinski definition) is 1. The minimum absolute atomic E-state index is 0.0672. The molecule has 1 saturated heterocycles. The largest absolute Gasteiger partial charge is 0.356 e. The van der Waals surface area contributed by atoms with Crippen LogP contribution in [0.5, 0.6) is 0 Å². The quantitative estimate of drug-likeness (QED) is 0.648. The monoisotopic (exact) mass is 481 g/mol. The number of aromatic nitrogens is 1. The van der Waals surface area contributed by atoms with E-state index in [0.29, 0.717) is 26.0 Å². The van der Waals surface area contributed by atoms with Crippen molar-refractivity contribution in [3.05, 3.63) is 62.5 Å². The van der Waals surface area contributed by atoms with Gasteiger partial charge in [0.2, 0.25) is 5.91 Å². The van der Waals surface area contributed by atoms with Crippen LogP contribution in [-0.2, 0) is 11.3 Å². The molecule has 1 amide bonds. The summed E-state index contributed by atoms with van der Waals surface area (Å²) in [6.07, 6.45) is 1.07. The molecule has 9 heteroatoms. The van der Waals surface area contributed by atoms with Gasteiger partial charge in [-0.25, -0.2) is 0 Å². The SMILES string of the molecule is C[C@@H](SC(=S)N1C[C@@H]2C[C@@H](C1)c1cccc(=O)n1C2)C(=O)Nc1cc(Cl)ccc1Cl. The van der Waals surface area contributed by atoms with Gasteiger partial charge in [-0.05, 0) is 43.5 Å². The van der Waals surface area contributed by atoms with Crippen LogP contribution in [0.15, 0.2) is 41.2 Å². The molecule has 1 fully saturated rings. The van der Waals surface area contributed by atoms with E-state index >= 15 is 0 Å². The van der Waals surface area contributed by atoms with Gasteiger partial charge in [-0.2, -0.15) is 0 Å². The van der Waals surface area contributed by atoms with Gasteiger partial charge >= 0.3 is 0 Å². The van der Waals surface area contributed by atoms with Crippen LogP contribution in [0.4, 0.5) is 5.69 Å². The number of amides is 1. The highest BCUT2D eigenvalue weighted by Gasteiger charge is 2.35. The average Bonchev–Trinajstić information content (AvgIpc) is 2.71. The molecule has 2 bridgehead atoms. The van der Waals surface area contributed by atoms with Crippen LogP contribution in [0.25, 0.3) is 0 Å². The number of halogens is 2. The Kier molecular flexibility index (Phi) is 6.44. The van der Waals surface area contributed by atoms with E-state index in [-0.39, 0.29) is 22.6 Å². The minimum atomic E-state index is -0.385. The third-order valence-corrected chi connectivity index (χ3v) is 7.71. The van der Waals surface area contributed by atoms with Gasteiger partial charge in [-0.1, -0.05) is 53.2 Å². The first-order valence-electron chi connectivity index (χ1n) is 9.73.